The molecule has 0 aliphatic rings. The summed E-state index contributed by atoms with van der Waals surface area (Å²) in [6.45, 7) is 13.8. The Balaban J connectivity index is 4.75. The summed E-state index contributed by atoms with van der Waals surface area (Å²) in [4.78, 5) is 0. The zero-order valence-electron chi connectivity index (χ0n) is 8.52. The average Bonchev–Trinajstić information content (AvgIpc) is 2.02. The Labute approximate surface area is 75.4 Å². The van der Waals surface area contributed by atoms with Crippen LogP contribution in [0.1, 0.15) is 20.8 Å². The second-order valence-corrected chi connectivity index (χ2v) is 3.04. The fourth-order valence-electron chi connectivity index (χ4n) is 0.807. The van der Waals surface area contributed by atoms with Gasteiger partial charge in [0.1, 0.15) is 7.05 Å². The first kappa shape index (κ1) is 10.9. The molecule has 0 aromatic rings. The maximum atomic E-state index is 3.98. The van der Waals surface area contributed by atoms with Crippen LogP contribution in [0.5, 0.6) is 0 Å². The van der Waals surface area contributed by atoms with Gasteiger partial charge in [0, 0.05) is 19.4 Å². The molecular weight excluding hydrogens is 146 g/mol. The highest BCUT2D eigenvalue weighted by Gasteiger charge is 2.07. The molecule has 0 amide bonds. The molecule has 0 unspecified atom stereocenters. The lowest BCUT2D eigenvalue weighted by Crippen LogP contribution is -2.11. The summed E-state index contributed by atoms with van der Waals surface area (Å²) in [6, 6.07) is 0. The first-order chi connectivity index (χ1) is 5.50. The zero-order chi connectivity index (χ0) is 9.72. The van der Waals surface area contributed by atoms with Gasteiger partial charge in [0.2, 0.25) is 5.70 Å². The number of hydrogen-bond donors (Lipinski definition) is 0. The van der Waals surface area contributed by atoms with E-state index < -0.39 is 0 Å². The molecule has 0 N–H and O–H groups in total. The van der Waals surface area contributed by atoms with Gasteiger partial charge in [-0.25, -0.2) is 4.58 Å². The van der Waals surface area contributed by atoms with E-state index in [4.69, 9.17) is 0 Å². The number of likely N-dealkylation sites (N-methyl/N-ethyl adjacent to an activating group) is 1. The van der Waals surface area contributed by atoms with E-state index in [9.17, 15) is 0 Å². The Bertz CT molecular complexity index is 250. The molecule has 0 saturated carbocycles. The van der Waals surface area contributed by atoms with E-state index in [0.29, 0.717) is 0 Å². The fourth-order valence-corrected chi connectivity index (χ4v) is 0.807. The standard InChI is InChI=1S/C11H18N/c1-7-8-10(4)11(5)12(6)9(2)3/h7-8H,1,5H2,2-4,6H3/q+1/b10-8-. The van der Waals surface area contributed by atoms with Crippen molar-refractivity contribution in [2.24, 2.45) is 0 Å². The van der Waals surface area contributed by atoms with Crippen LogP contribution in [0.3, 0.4) is 0 Å². The summed E-state index contributed by atoms with van der Waals surface area (Å²) in [5.74, 6) is 0. The van der Waals surface area contributed by atoms with Crippen molar-refractivity contribution in [2.45, 2.75) is 20.8 Å². The maximum Gasteiger partial charge on any atom is 0.200 e. The second-order valence-electron chi connectivity index (χ2n) is 3.04. The Kier molecular flexibility index (Phi) is 4.27. The molecule has 66 valence electrons. The van der Waals surface area contributed by atoms with Gasteiger partial charge in [-0.2, -0.15) is 0 Å². The van der Waals surface area contributed by atoms with E-state index in [0.717, 1.165) is 11.3 Å². The van der Waals surface area contributed by atoms with Crippen LogP contribution in [0.2, 0.25) is 0 Å². The topological polar surface area (TPSA) is 3.01 Å². The van der Waals surface area contributed by atoms with Crippen molar-refractivity contribution in [3.8, 4) is 0 Å². The van der Waals surface area contributed by atoms with Crippen LogP contribution in [0.4, 0.5) is 0 Å². The first-order valence-electron chi connectivity index (χ1n) is 4.03. The smallest absolute Gasteiger partial charge is 0.200 e. The molecule has 0 aromatic heterocycles. The quantitative estimate of drug-likeness (QED) is 0.343. The molecule has 0 heterocycles. The van der Waals surface area contributed by atoms with Gasteiger partial charge < -0.3 is 0 Å². The van der Waals surface area contributed by atoms with E-state index in [1.165, 1.54) is 5.71 Å². The highest BCUT2D eigenvalue weighted by molar-refractivity contribution is 5.74. The van der Waals surface area contributed by atoms with Crippen molar-refractivity contribution < 1.29 is 4.58 Å². The third-order valence-electron chi connectivity index (χ3n) is 1.90. The van der Waals surface area contributed by atoms with Crippen molar-refractivity contribution in [1.82, 2.24) is 0 Å². The Hall–Kier alpha value is -1.11. The van der Waals surface area contributed by atoms with E-state index >= 15 is 0 Å². The Morgan fingerprint density at radius 2 is 1.75 bits per heavy atom. The summed E-state index contributed by atoms with van der Waals surface area (Å²) in [5, 5.41) is 0. The van der Waals surface area contributed by atoms with E-state index in [-0.39, 0.29) is 0 Å². The molecule has 0 aliphatic heterocycles. The fraction of sp³-hybridized carbons (Fsp3) is 0.364. The summed E-state index contributed by atoms with van der Waals surface area (Å²) in [5.41, 5.74) is 3.40. The lowest BCUT2D eigenvalue weighted by molar-refractivity contribution is -0.440. The summed E-state index contributed by atoms with van der Waals surface area (Å²) in [6.07, 6.45) is 3.74. The van der Waals surface area contributed by atoms with Gasteiger partial charge in [-0.15, -0.1) is 0 Å². The third-order valence-corrected chi connectivity index (χ3v) is 1.90. The molecule has 0 aliphatic carbocycles. The van der Waals surface area contributed by atoms with Crippen molar-refractivity contribution in [3.05, 3.63) is 36.6 Å². The molecule has 0 fully saturated rings. The largest absolute Gasteiger partial charge is 0.203 e. The molecule has 0 bridgehead atoms. The first-order valence-corrected chi connectivity index (χ1v) is 4.03. The van der Waals surface area contributed by atoms with Gasteiger partial charge in [-0.3, -0.25) is 0 Å². The van der Waals surface area contributed by atoms with Crippen LogP contribution in [0.25, 0.3) is 0 Å². The van der Waals surface area contributed by atoms with E-state index in [2.05, 4.69) is 31.6 Å². The zero-order valence-corrected chi connectivity index (χ0v) is 8.52. The Morgan fingerprint density at radius 1 is 1.25 bits per heavy atom. The van der Waals surface area contributed by atoms with Gasteiger partial charge in [-0.05, 0) is 13.5 Å². The molecule has 0 radical (unpaired) electrons. The van der Waals surface area contributed by atoms with Crippen molar-refractivity contribution in [3.63, 3.8) is 0 Å². The van der Waals surface area contributed by atoms with Gasteiger partial charge in [-0.1, -0.05) is 18.7 Å². The summed E-state index contributed by atoms with van der Waals surface area (Å²) < 4.78 is 2.06. The molecule has 12 heavy (non-hydrogen) atoms. The lowest BCUT2D eigenvalue weighted by atomic mass is 10.2. The predicted octanol–water partition coefficient (Wildman–Crippen LogP) is 2.76. The highest BCUT2D eigenvalue weighted by atomic mass is 15.0. The van der Waals surface area contributed by atoms with Crippen molar-refractivity contribution in [1.29, 1.82) is 0 Å². The number of allylic oxidation sites excluding steroid dienone is 3. The maximum absolute atomic E-state index is 3.98. The molecule has 1 nitrogen and oxygen atoms in total. The molecule has 0 spiro atoms. The summed E-state index contributed by atoms with van der Waals surface area (Å²) in [7, 11) is 2.01. The molecule has 0 saturated heterocycles. The molecule has 0 aromatic carbocycles. The molecule has 0 rings (SSSR count). The average molecular weight is 164 g/mol. The van der Waals surface area contributed by atoms with E-state index in [1.807, 2.05) is 20.0 Å². The summed E-state index contributed by atoms with van der Waals surface area (Å²) >= 11 is 0. The number of hydrogen-bond acceptors (Lipinski definition) is 0. The lowest BCUT2D eigenvalue weighted by Gasteiger charge is -2.01. The van der Waals surface area contributed by atoms with Crippen molar-refractivity contribution in [2.75, 3.05) is 7.05 Å². The predicted molar refractivity (Wildman–Crippen MR) is 55.6 cm³/mol. The minimum atomic E-state index is 1.02. The molecule has 1 heteroatoms. The molecular formula is C11H18N+. The van der Waals surface area contributed by atoms with Crippen LogP contribution in [-0.4, -0.2) is 17.3 Å². The Morgan fingerprint density at radius 3 is 2.08 bits per heavy atom. The normalized spacial score (nSPS) is 10.8. The highest BCUT2D eigenvalue weighted by Crippen LogP contribution is 2.06. The van der Waals surface area contributed by atoms with Crippen LogP contribution in [0, 0.1) is 0 Å². The van der Waals surface area contributed by atoms with Gasteiger partial charge in [0.25, 0.3) is 0 Å². The van der Waals surface area contributed by atoms with Crippen LogP contribution in [0.15, 0.2) is 36.6 Å². The van der Waals surface area contributed by atoms with Gasteiger partial charge in [0.05, 0.1) is 0 Å². The minimum absolute atomic E-state index is 1.02. The second kappa shape index (κ2) is 4.70. The number of nitrogens with zero attached hydrogens (tertiary/aromatic N) is 1. The minimum Gasteiger partial charge on any atom is -0.203 e. The molecule has 0 atom stereocenters. The van der Waals surface area contributed by atoms with Gasteiger partial charge >= 0.3 is 0 Å². The van der Waals surface area contributed by atoms with Crippen LogP contribution < -0.4 is 0 Å². The van der Waals surface area contributed by atoms with Crippen molar-refractivity contribution >= 4 is 5.71 Å². The SMILES string of the molecule is C=C/C=C(/C)C(=C)[N+](C)=C(C)C. The van der Waals surface area contributed by atoms with E-state index in [1.54, 1.807) is 6.08 Å². The number of rotatable bonds is 3. The monoisotopic (exact) mass is 164 g/mol. The van der Waals surface area contributed by atoms with Crippen LogP contribution in [-0.2, 0) is 0 Å². The van der Waals surface area contributed by atoms with Gasteiger partial charge in [0.15, 0.2) is 5.71 Å². The van der Waals surface area contributed by atoms with Crippen LogP contribution >= 0.6 is 0 Å². The third kappa shape index (κ3) is 2.87.